The van der Waals surface area contributed by atoms with E-state index in [2.05, 4.69) is 15.4 Å². The van der Waals surface area contributed by atoms with Crippen LogP contribution >= 0.6 is 0 Å². The number of carbonyl (C=O) groups is 2. The second-order valence-electron chi connectivity index (χ2n) is 6.79. The molecule has 2 amide bonds. The number of rotatable bonds is 9. The molecule has 9 nitrogen and oxygen atoms in total. The summed E-state index contributed by atoms with van der Waals surface area (Å²) in [6, 6.07) is 8.09. The van der Waals surface area contributed by atoms with Crippen LogP contribution in [0.3, 0.4) is 0 Å². The number of nitrogens with one attached hydrogen (secondary N) is 3. The van der Waals surface area contributed by atoms with Gasteiger partial charge in [-0.2, -0.15) is 4.72 Å². The van der Waals surface area contributed by atoms with Gasteiger partial charge in [0.2, 0.25) is 21.8 Å². The van der Waals surface area contributed by atoms with Gasteiger partial charge in [-0.05, 0) is 57.4 Å². The van der Waals surface area contributed by atoms with Gasteiger partial charge in [-0.1, -0.05) is 0 Å². The third-order valence-electron chi connectivity index (χ3n) is 4.17. The van der Waals surface area contributed by atoms with Gasteiger partial charge in [0, 0.05) is 19.2 Å². The number of hydrogen-bond donors (Lipinski definition) is 3. The Balaban J connectivity index is 1.97. The highest BCUT2D eigenvalue weighted by molar-refractivity contribution is 7.89. The Labute approximate surface area is 170 Å². The van der Waals surface area contributed by atoms with Gasteiger partial charge in [0.1, 0.15) is 5.76 Å². The van der Waals surface area contributed by atoms with E-state index in [9.17, 15) is 18.0 Å². The van der Waals surface area contributed by atoms with E-state index in [1.54, 1.807) is 12.3 Å². The molecule has 0 bridgehead atoms. The molecule has 0 fully saturated rings. The van der Waals surface area contributed by atoms with Crippen LogP contribution in [0.1, 0.15) is 25.6 Å². The normalized spacial score (nSPS) is 13.7. The van der Waals surface area contributed by atoms with Gasteiger partial charge in [0.05, 0.1) is 23.2 Å². The van der Waals surface area contributed by atoms with Crippen molar-refractivity contribution in [3.63, 3.8) is 0 Å². The average Bonchev–Trinajstić information content (AvgIpc) is 3.15. The fraction of sp³-hybridized carbons (Fsp3) is 0.368. The Hall–Kier alpha value is -2.69. The quantitative estimate of drug-likeness (QED) is 0.561. The Morgan fingerprint density at radius 3 is 2.31 bits per heavy atom. The summed E-state index contributed by atoms with van der Waals surface area (Å²) < 4.78 is 32.8. The minimum atomic E-state index is -3.90. The maximum absolute atomic E-state index is 12.5. The molecule has 1 heterocycles. The number of sulfonamides is 1. The van der Waals surface area contributed by atoms with Crippen LogP contribution in [-0.4, -0.2) is 51.8 Å². The maximum Gasteiger partial charge on any atom is 0.241 e. The van der Waals surface area contributed by atoms with Crippen LogP contribution in [0.4, 0.5) is 5.69 Å². The Morgan fingerprint density at radius 2 is 1.79 bits per heavy atom. The number of amides is 2. The number of benzene rings is 1. The lowest BCUT2D eigenvalue weighted by atomic mass is 10.2. The fourth-order valence-electron chi connectivity index (χ4n) is 2.64. The van der Waals surface area contributed by atoms with E-state index in [4.69, 9.17) is 4.42 Å². The molecule has 0 aliphatic heterocycles. The van der Waals surface area contributed by atoms with Gasteiger partial charge in [0.25, 0.3) is 0 Å². The van der Waals surface area contributed by atoms with Crippen molar-refractivity contribution in [3.8, 4) is 0 Å². The van der Waals surface area contributed by atoms with Gasteiger partial charge in [-0.15, -0.1) is 0 Å². The second-order valence-corrected chi connectivity index (χ2v) is 8.50. The zero-order chi connectivity index (χ0) is 21.6. The molecule has 1 aromatic heterocycles. The number of nitrogens with zero attached hydrogens (tertiary/aromatic N) is 1. The van der Waals surface area contributed by atoms with Crippen LogP contribution in [-0.2, 0) is 19.6 Å². The van der Waals surface area contributed by atoms with Gasteiger partial charge in [0.15, 0.2) is 0 Å². The first-order valence-electron chi connectivity index (χ1n) is 8.97. The highest BCUT2D eigenvalue weighted by Crippen LogP contribution is 2.18. The molecular formula is C19H26N4O5S. The lowest BCUT2D eigenvalue weighted by Gasteiger charge is -2.23. The summed E-state index contributed by atoms with van der Waals surface area (Å²) in [6.45, 7) is 3.09. The molecule has 1 aromatic carbocycles. The summed E-state index contributed by atoms with van der Waals surface area (Å²) >= 11 is 0. The van der Waals surface area contributed by atoms with Crippen LogP contribution in [0, 0.1) is 0 Å². The van der Waals surface area contributed by atoms with Crippen molar-refractivity contribution in [2.75, 3.05) is 26.0 Å². The lowest BCUT2D eigenvalue weighted by molar-refractivity contribution is -0.122. The van der Waals surface area contributed by atoms with E-state index in [0.717, 1.165) is 0 Å². The van der Waals surface area contributed by atoms with Gasteiger partial charge in [-0.25, -0.2) is 8.42 Å². The van der Waals surface area contributed by atoms with E-state index in [0.29, 0.717) is 11.4 Å². The molecule has 0 saturated carbocycles. The molecule has 0 aliphatic rings. The summed E-state index contributed by atoms with van der Waals surface area (Å²) in [6.07, 6.45) is 1.56. The van der Waals surface area contributed by atoms with Crippen molar-refractivity contribution in [1.82, 2.24) is 14.9 Å². The third-order valence-corrected chi connectivity index (χ3v) is 5.73. The molecule has 3 N–H and O–H groups in total. The SMILES string of the molecule is CC(=O)Nc1ccc(S(=O)(=O)N[C@@H](C)C(=O)NC[C@H](c2ccco2)N(C)C)cc1. The molecule has 158 valence electrons. The molecule has 0 aliphatic carbocycles. The highest BCUT2D eigenvalue weighted by atomic mass is 32.2. The van der Waals surface area contributed by atoms with Crippen molar-refractivity contribution >= 4 is 27.5 Å². The number of hydrogen-bond acceptors (Lipinski definition) is 6. The summed E-state index contributed by atoms with van der Waals surface area (Å²) in [5.74, 6) is -0.0146. The first kappa shape index (κ1) is 22.6. The Bertz CT molecular complexity index is 924. The van der Waals surface area contributed by atoms with Crippen LogP contribution < -0.4 is 15.4 Å². The topological polar surface area (TPSA) is 121 Å². The maximum atomic E-state index is 12.5. The summed E-state index contributed by atoms with van der Waals surface area (Å²) in [5, 5.41) is 5.30. The van der Waals surface area contributed by atoms with Crippen molar-refractivity contribution in [2.24, 2.45) is 0 Å². The molecule has 29 heavy (non-hydrogen) atoms. The van der Waals surface area contributed by atoms with E-state index in [1.165, 1.54) is 38.1 Å². The second kappa shape index (κ2) is 9.68. The molecule has 0 saturated heterocycles. The van der Waals surface area contributed by atoms with Crippen molar-refractivity contribution in [3.05, 3.63) is 48.4 Å². The lowest BCUT2D eigenvalue weighted by Crippen LogP contribution is -2.46. The first-order valence-corrected chi connectivity index (χ1v) is 10.5. The van der Waals surface area contributed by atoms with Crippen molar-refractivity contribution < 1.29 is 22.4 Å². The molecule has 0 unspecified atom stereocenters. The molecule has 2 rings (SSSR count). The summed E-state index contributed by atoms with van der Waals surface area (Å²) in [7, 11) is -0.186. The van der Waals surface area contributed by atoms with Gasteiger partial charge < -0.3 is 15.1 Å². The van der Waals surface area contributed by atoms with Gasteiger partial charge >= 0.3 is 0 Å². The number of furan rings is 1. The van der Waals surface area contributed by atoms with Crippen LogP contribution in [0.15, 0.2) is 52.0 Å². The number of anilines is 1. The number of carbonyl (C=O) groups excluding carboxylic acids is 2. The summed E-state index contributed by atoms with van der Waals surface area (Å²) in [5.41, 5.74) is 0.481. The third kappa shape index (κ3) is 6.41. The summed E-state index contributed by atoms with van der Waals surface area (Å²) in [4.78, 5) is 25.3. The Morgan fingerprint density at radius 1 is 1.14 bits per heavy atom. The van der Waals surface area contributed by atoms with Crippen molar-refractivity contribution in [1.29, 1.82) is 0 Å². The minimum absolute atomic E-state index is 0.00648. The van der Waals surface area contributed by atoms with Crippen LogP contribution in [0.25, 0.3) is 0 Å². The predicted octanol–water partition coefficient (Wildman–Crippen LogP) is 1.32. The fourth-order valence-corrected chi connectivity index (χ4v) is 3.85. The van der Waals surface area contributed by atoms with Crippen LogP contribution in [0.5, 0.6) is 0 Å². The molecule has 0 radical (unpaired) electrons. The minimum Gasteiger partial charge on any atom is -0.468 e. The molecule has 2 aromatic rings. The standard InChI is InChI=1S/C19H26N4O5S/c1-13(19(25)20-12-17(23(3)4)18-6-5-11-28-18)22-29(26,27)16-9-7-15(8-10-16)21-14(2)24/h5-11,13,17,22H,12H2,1-4H3,(H,20,25)(H,21,24)/t13-,17+/m0/s1. The number of likely N-dealkylation sites (N-methyl/N-ethyl adjacent to an activating group) is 1. The average molecular weight is 423 g/mol. The first-order chi connectivity index (χ1) is 13.6. The van der Waals surface area contributed by atoms with Gasteiger partial charge in [-0.3, -0.25) is 14.5 Å². The van der Waals surface area contributed by atoms with Crippen molar-refractivity contribution in [2.45, 2.75) is 30.8 Å². The molecule has 10 heteroatoms. The van der Waals surface area contributed by atoms with E-state index in [-0.39, 0.29) is 23.4 Å². The van der Waals surface area contributed by atoms with E-state index >= 15 is 0 Å². The monoisotopic (exact) mass is 422 g/mol. The molecule has 2 atom stereocenters. The van der Waals surface area contributed by atoms with E-state index in [1.807, 2.05) is 25.1 Å². The highest BCUT2D eigenvalue weighted by Gasteiger charge is 2.24. The molecule has 0 spiro atoms. The zero-order valence-corrected chi connectivity index (χ0v) is 17.6. The zero-order valence-electron chi connectivity index (χ0n) is 16.8. The van der Waals surface area contributed by atoms with E-state index < -0.39 is 22.0 Å². The predicted molar refractivity (Wildman–Crippen MR) is 109 cm³/mol. The smallest absolute Gasteiger partial charge is 0.241 e. The largest absolute Gasteiger partial charge is 0.468 e. The Kier molecular flexibility index (Phi) is 7.54. The van der Waals surface area contributed by atoms with Crippen LogP contribution in [0.2, 0.25) is 0 Å². The molecular weight excluding hydrogens is 396 g/mol.